The molecule has 0 heterocycles. The van der Waals surface area contributed by atoms with E-state index in [4.69, 9.17) is 0 Å². The van der Waals surface area contributed by atoms with Crippen LogP contribution in [0.15, 0.2) is 0 Å². The predicted octanol–water partition coefficient (Wildman–Crippen LogP) is 2.83. The van der Waals surface area contributed by atoms with Gasteiger partial charge >= 0.3 is 0 Å². The first-order valence-corrected chi connectivity index (χ1v) is 5.23. The largest absolute Gasteiger partial charge is 0.396 e. The van der Waals surface area contributed by atoms with Crippen LogP contribution in [-0.2, 0) is 0 Å². The zero-order valence-electron chi connectivity index (χ0n) is 8.64. The van der Waals surface area contributed by atoms with E-state index in [0.717, 1.165) is 11.8 Å². The molecule has 0 aromatic heterocycles. The van der Waals surface area contributed by atoms with Crippen LogP contribution in [0.2, 0.25) is 0 Å². The number of aliphatic hydroxyl groups excluding tert-OH is 1. The molecule has 0 amide bonds. The molecule has 1 aliphatic rings. The molecule has 0 radical (unpaired) electrons. The molecule has 0 saturated heterocycles. The molecule has 1 heteroatoms. The van der Waals surface area contributed by atoms with Crippen molar-refractivity contribution >= 4 is 0 Å². The lowest BCUT2D eigenvalue weighted by atomic mass is 9.77. The normalized spacial score (nSPS) is 25.0. The zero-order valence-corrected chi connectivity index (χ0v) is 8.64. The van der Waals surface area contributed by atoms with Gasteiger partial charge in [0.15, 0.2) is 0 Å². The third kappa shape index (κ3) is 2.22. The summed E-state index contributed by atoms with van der Waals surface area (Å²) in [6, 6.07) is 0. The Labute approximate surface area is 76.2 Å². The van der Waals surface area contributed by atoms with Crippen LogP contribution in [0.5, 0.6) is 0 Å². The van der Waals surface area contributed by atoms with Gasteiger partial charge in [0, 0.05) is 6.61 Å². The van der Waals surface area contributed by atoms with Crippen LogP contribution in [-0.4, -0.2) is 11.7 Å². The van der Waals surface area contributed by atoms with Crippen molar-refractivity contribution in [2.45, 2.75) is 46.5 Å². The summed E-state index contributed by atoms with van der Waals surface area (Å²) >= 11 is 0. The highest BCUT2D eigenvalue weighted by Crippen LogP contribution is 2.48. The zero-order chi connectivity index (χ0) is 9.19. The molecule has 1 rings (SSSR count). The van der Waals surface area contributed by atoms with Gasteiger partial charge in [-0.1, -0.05) is 27.2 Å². The van der Waals surface area contributed by atoms with Gasteiger partial charge in [0.25, 0.3) is 0 Å². The summed E-state index contributed by atoms with van der Waals surface area (Å²) in [5.74, 6) is 1.58. The Kier molecular flexibility index (Phi) is 3.16. The molecule has 12 heavy (non-hydrogen) atoms. The highest BCUT2D eigenvalue weighted by molar-refractivity contribution is 4.91. The fraction of sp³-hybridized carbons (Fsp3) is 1.00. The summed E-state index contributed by atoms with van der Waals surface area (Å²) in [4.78, 5) is 0. The minimum absolute atomic E-state index is 0.232. The summed E-state index contributed by atoms with van der Waals surface area (Å²) in [7, 11) is 0. The molecular formula is C11H22O. The van der Waals surface area contributed by atoms with Gasteiger partial charge < -0.3 is 5.11 Å². The van der Waals surface area contributed by atoms with Crippen molar-refractivity contribution in [3.63, 3.8) is 0 Å². The smallest absolute Gasteiger partial charge is 0.0487 e. The van der Waals surface area contributed by atoms with Gasteiger partial charge in [0.2, 0.25) is 0 Å². The number of aliphatic hydroxyl groups is 1. The molecule has 2 atom stereocenters. The molecule has 1 N–H and O–H groups in total. The average Bonchev–Trinajstić information content (AvgIpc) is 2.86. The van der Waals surface area contributed by atoms with Gasteiger partial charge in [-0.25, -0.2) is 0 Å². The monoisotopic (exact) mass is 170 g/mol. The Morgan fingerprint density at radius 1 is 1.50 bits per heavy atom. The SMILES string of the molecule is CCC(C)CC(C)(CO)C1CC1. The van der Waals surface area contributed by atoms with Gasteiger partial charge in [-0.05, 0) is 36.5 Å². The molecular weight excluding hydrogens is 148 g/mol. The Hall–Kier alpha value is -0.0400. The van der Waals surface area contributed by atoms with Crippen molar-refractivity contribution in [3.8, 4) is 0 Å². The molecule has 1 fully saturated rings. The van der Waals surface area contributed by atoms with E-state index >= 15 is 0 Å². The van der Waals surface area contributed by atoms with E-state index in [1.165, 1.54) is 25.7 Å². The summed E-state index contributed by atoms with van der Waals surface area (Å²) in [5, 5.41) is 9.34. The van der Waals surface area contributed by atoms with E-state index in [9.17, 15) is 5.11 Å². The molecule has 0 bridgehead atoms. The van der Waals surface area contributed by atoms with E-state index in [1.807, 2.05) is 0 Å². The van der Waals surface area contributed by atoms with Crippen molar-refractivity contribution in [1.29, 1.82) is 0 Å². The number of rotatable bonds is 5. The molecule has 0 spiro atoms. The average molecular weight is 170 g/mol. The minimum atomic E-state index is 0.232. The second kappa shape index (κ2) is 3.78. The van der Waals surface area contributed by atoms with Crippen LogP contribution in [0.25, 0.3) is 0 Å². The van der Waals surface area contributed by atoms with Crippen LogP contribution in [0, 0.1) is 17.3 Å². The summed E-state index contributed by atoms with van der Waals surface area (Å²) in [6.45, 7) is 7.14. The first-order valence-electron chi connectivity index (χ1n) is 5.23. The van der Waals surface area contributed by atoms with Crippen LogP contribution in [0.3, 0.4) is 0 Å². The van der Waals surface area contributed by atoms with Crippen molar-refractivity contribution in [3.05, 3.63) is 0 Å². The van der Waals surface area contributed by atoms with Gasteiger partial charge in [-0.2, -0.15) is 0 Å². The number of hydrogen-bond acceptors (Lipinski definition) is 1. The highest BCUT2D eigenvalue weighted by atomic mass is 16.3. The summed E-state index contributed by atoms with van der Waals surface area (Å²) in [5.41, 5.74) is 0.232. The maximum absolute atomic E-state index is 9.34. The van der Waals surface area contributed by atoms with Gasteiger partial charge in [0.1, 0.15) is 0 Å². The topological polar surface area (TPSA) is 20.2 Å². The molecule has 2 unspecified atom stereocenters. The van der Waals surface area contributed by atoms with Crippen LogP contribution in [0.4, 0.5) is 0 Å². The first-order chi connectivity index (χ1) is 5.62. The molecule has 0 aromatic carbocycles. The predicted molar refractivity (Wildman–Crippen MR) is 52.0 cm³/mol. The quantitative estimate of drug-likeness (QED) is 0.672. The van der Waals surface area contributed by atoms with Crippen LogP contribution >= 0.6 is 0 Å². The molecule has 1 saturated carbocycles. The van der Waals surface area contributed by atoms with Crippen molar-refractivity contribution in [2.75, 3.05) is 6.61 Å². The molecule has 1 nitrogen and oxygen atoms in total. The van der Waals surface area contributed by atoms with Crippen LogP contribution in [0.1, 0.15) is 46.5 Å². The Bertz CT molecular complexity index is 140. The third-order valence-electron chi connectivity index (χ3n) is 3.44. The molecule has 72 valence electrons. The summed E-state index contributed by atoms with van der Waals surface area (Å²) in [6.07, 6.45) is 5.12. The standard InChI is InChI=1S/C11H22O/c1-4-9(2)7-11(3,8-12)10-5-6-10/h9-10,12H,4-8H2,1-3H3. The Balaban J connectivity index is 2.42. The highest BCUT2D eigenvalue weighted by Gasteiger charge is 2.41. The molecule has 0 aromatic rings. The van der Waals surface area contributed by atoms with Crippen LogP contribution < -0.4 is 0 Å². The second-order valence-electron chi connectivity index (χ2n) is 4.80. The first kappa shape index (κ1) is 10.0. The third-order valence-corrected chi connectivity index (χ3v) is 3.44. The lowest BCUT2D eigenvalue weighted by Crippen LogP contribution is -2.26. The van der Waals surface area contributed by atoms with Gasteiger partial charge in [-0.3, -0.25) is 0 Å². The van der Waals surface area contributed by atoms with E-state index in [1.54, 1.807) is 0 Å². The Morgan fingerprint density at radius 3 is 2.42 bits per heavy atom. The second-order valence-corrected chi connectivity index (χ2v) is 4.80. The van der Waals surface area contributed by atoms with Gasteiger partial charge in [0.05, 0.1) is 0 Å². The lowest BCUT2D eigenvalue weighted by Gasteiger charge is -2.30. The van der Waals surface area contributed by atoms with Crippen molar-refractivity contribution < 1.29 is 5.11 Å². The Morgan fingerprint density at radius 2 is 2.08 bits per heavy atom. The fourth-order valence-electron chi connectivity index (χ4n) is 2.08. The minimum Gasteiger partial charge on any atom is -0.396 e. The van der Waals surface area contributed by atoms with Crippen molar-refractivity contribution in [1.82, 2.24) is 0 Å². The molecule has 1 aliphatic carbocycles. The number of hydrogen-bond donors (Lipinski definition) is 1. The van der Waals surface area contributed by atoms with E-state index in [0.29, 0.717) is 6.61 Å². The maximum Gasteiger partial charge on any atom is 0.0487 e. The maximum atomic E-state index is 9.34. The molecule has 0 aliphatic heterocycles. The summed E-state index contributed by atoms with van der Waals surface area (Å²) < 4.78 is 0. The van der Waals surface area contributed by atoms with E-state index < -0.39 is 0 Å². The van der Waals surface area contributed by atoms with Gasteiger partial charge in [-0.15, -0.1) is 0 Å². The van der Waals surface area contributed by atoms with Crippen molar-refractivity contribution in [2.24, 2.45) is 17.3 Å². The van der Waals surface area contributed by atoms with E-state index in [2.05, 4.69) is 20.8 Å². The fourth-order valence-corrected chi connectivity index (χ4v) is 2.08. The lowest BCUT2D eigenvalue weighted by molar-refractivity contribution is 0.0926. The van der Waals surface area contributed by atoms with E-state index in [-0.39, 0.29) is 5.41 Å².